The van der Waals surface area contributed by atoms with E-state index >= 15 is 0 Å². The molecule has 0 spiro atoms. The van der Waals surface area contributed by atoms with Gasteiger partial charge in [0, 0.05) is 7.11 Å². The van der Waals surface area contributed by atoms with Gasteiger partial charge in [0.25, 0.3) is 0 Å². The normalized spacial score (nSPS) is 29.3. The Bertz CT molecular complexity index is 311. The Hall–Kier alpha value is -0.640. The van der Waals surface area contributed by atoms with Crippen molar-refractivity contribution in [3.63, 3.8) is 0 Å². The molecule has 1 heterocycles. The van der Waals surface area contributed by atoms with E-state index in [0.717, 1.165) is 31.3 Å². The van der Waals surface area contributed by atoms with Crippen LogP contribution in [0.4, 0.5) is 0 Å². The van der Waals surface area contributed by atoms with Crippen LogP contribution in [-0.2, 0) is 9.47 Å². The molecule has 3 unspecified atom stereocenters. The van der Waals surface area contributed by atoms with Crippen molar-refractivity contribution in [1.29, 1.82) is 0 Å². The second-order valence-corrected chi connectivity index (χ2v) is 5.48. The third-order valence-electron chi connectivity index (χ3n) is 4.08. The molecule has 1 N–H and O–H groups in total. The Morgan fingerprint density at radius 1 is 1.58 bits per heavy atom. The van der Waals surface area contributed by atoms with Crippen LogP contribution in [0.25, 0.3) is 0 Å². The van der Waals surface area contributed by atoms with Gasteiger partial charge in [-0.3, -0.25) is 0 Å². The monoisotopic (exact) mass is 268 g/mol. The third kappa shape index (κ3) is 4.44. The van der Waals surface area contributed by atoms with Crippen LogP contribution in [0, 0.1) is 5.92 Å². The van der Waals surface area contributed by atoms with Crippen LogP contribution < -0.4 is 0 Å². The molecule has 4 atom stereocenters. The summed E-state index contributed by atoms with van der Waals surface area (Å²) in [5, 5.41) is 9.11. The van der Waals surface area contributed by atoms with Crippen molar-refractivity contribution < 1.29 is 14.6 Å². The van der Waals surface area contributed by atoms with Gasteiger partial charge in [0.15, 0.2) is 0 Å². The van der Waals surface area contributed by atoms with Crippen molar-refractivity contribution in [2.75, 3.05) is 13.7 Å². The van der Waals surface area contributed by atoms with Crippen LogP contribution in [0.5, 0.6) is 0 Å². The predicted molar refractivity (Wildman–Crippen MR) is 78.1 cm³/mol. The van der Waals surface area contributed by atoms with E-state index in [0.29, 0.717) is 5.92 Å². The molecule has 0 aromatic heterocycles. The second kappa shape index (κ2) is 7.83. The Balaban J connectivity index is 2.48. The maximum absolute atomic E-state index is 9.11. The number of aliphatic hydroxyl groups excluding tert-OH is 1. The van der Waals surface area contributed by atoms with Crippen molar-refractivity contribution in [2.45, 2.75) is 57.8 Å². The van der Waals surface area contributed by atoms with Gasteiger partial charge in [-0.25, -0.2) is 0 Å². The zero-order valence-electron chi connectivity index (χ0n) is 12.5. The number of aliphatic hydroxyl groups is 1. The fraction of sp³-hybridized carbons (Fsp3) is 0.750. The van der Waals surface area contributed by atoms with Gasteiger partial charge in [-0.15, -0.1) is 0 Å². The van der Waals surface area contributed by atoms with Gasteiger partial charge >= 0.3 is 0 Å². The molecule has 0 aromatic rings. The van der Waals surface area contributed by atoms with Gasteiger partial charge < -0.3 is 14.6 Å². The smallest absolute Gasteiger partial charge is 0.0801 e. The first kappa shape index (κ1) is 16.4. The summed E-state index contributed by atoms with van der Waals surface area (Å²) in [4.78, 5) is 0. The highest BCUT2D eigenvalue weighted by molar-refractivity contribution is 5.10. The molecule has 0 radical (unpaired) electrons. The lowest BCUT2D eigenvalue weighted by Gasteiger charge is -2.36. The molecule has 1 saturated heterocycles. The van der Waals surface area contributed by atoms with Gasteiger partial charge in [0.05, 0.1) is 24.9 Å². The summed E-state index contributed by atoms with van der Waals surface area (Å²) >= 11 is 0. The largest absolute Gasteiger partial charge is 0.392 e. The van der Waals surface area contributed by atoms with Crippen LogP contribution in [0.3, 0.4) is 0 Å². The van der Waals surface area contributed by atoms with Gasteiger partial charge in [-0.05, 0) is 42.7 Å². The molecule has 0 amide bonds. The highest BCUT2D eigenvalue weighted by atomic mass is 16.5. The first-order valence-corrected chi connectivity index (χ1v) is 7.18. The van der Waals surface area contributed by atoms with E-state index in [2.05, 4.69) is 27.0 Å². The number of hydrogen-bond acceptors (Lipinski definition) is 3. The summed E-state index contributed by atoms with van der Waals surface area (Å²) in [7, 11) is 1.66. The van der Waals surface area contributed by atoms with Gasteiger partial charge in [0.1, 0.15) is 0 Å². The Morgan fingerprint density at radius 2 is 2.26 bits per heavy atom. The minimum Gasteiger partial charge on any atom is -0.392 e. The molecule has 1 aliphatic rings. The van der Waals surface area contributed by atoms with Crippen molar-refractivity contribution in [1.82, 2.24) is 0 Å². The molecule has 1 aliphatic heterocycles. The van der Waals surface area contributed by atoms with Crippen LogP contribution in [0.15, 0.2) is 24.3 Å². The second-order valence-electron chi connectivity index (χ2n) is 5.48. The minimum atomic E-state index is -0.0749. The summed E-state index contributed by atoms with van der Waals surface area (Å²) in [6.07, 6.45) is 4.16. The standard InChI is InChI=1S/C16H28O3/c1-6-15-13(4)11(2)9-14(19-15)7-8-16(18-5)12(3)10-17/h11,14-17H,3-4,6-10H2,1-2,5H3/t11-,14?,15?,16?/m1/s1. The summed E-state index contributed by atoms with van der Waals surface area (Å²) in [5.41, 5.74) is 1.96. The molecule has 19 heavy (non-hydrogen) atoms. The zero-order valence-corrected chi connectivity index (χ0v) is 12.5. The molecule has 0 aliphatic carbocycles. The SMILES string of the molecule is C=C(CO)C(CCC1C[C@@H](C)C(=C)C(CC)O1)OC. The van der Waals surface area contributed by atoms with E-state index in [1.54, 1.807) is 7.11 Å². The highest BCUT2D eigenvalue weighted by Gasteiger charge is 2.29. The summed E-state index contributed by atoms with van der Waals surface area (Å²) in [5.74, 6) is 0.519. The maximum Gasteiger partial charge on any atom is 0.0801 e. The molecular formula is C16H28O3. The number of methoxy groups -OCH3 is 1. The molecule has 110 valence electrons. The van der Waals surface area contributed by atoms with Gasteiger partial charge in [-0.1, -0.05) is 27.0 Å². The topological polar surface area (TPSA) is 38.7 Å². The Kier molecular flexibility index (Phi) is 6.76. The lowest BCUT2D eigenvalue weighted by atomic mass is 9.86. The van der Waals surface area contributed by atoms with Crippen LogP contribution in [0.2, 0.25) is 0 Å². The fourth-order valence-corrected chi connectivity index (χ4v) is 2.71. The van der Waals surface area contributed by atoms with Crippen molar-refractivity contribution in [3.8, 4) is 0 Å². The molecule has 3 nitrogen and oxygen atoms in total. The van der Waals surface area contributed by atoms with Crippen molar-refractivity contribution in [2.24, 2.45) is 5.92 Å². The zero-order chi connectivity index (χ0) is 14.4. The minimum absolute atomic E-state index is 0.0190. The molecular weight excluding hydrogens is 240 g/mol. The fourth-order valence-electron chi connectivity index (χ4n) is 2.71. The highest BCUT2D eigenvalue weighted by Crippen LogP contribution is 2.32. The first-order valence-electron chi connectivity index (χ1n) is 7.18. The predicted octanol–water partition coefficient (Wildman–Crippen LogP) is 3.09. The summed E-state index contributed by atoms with van der Waals surface area (Å²) in [6.45, 7) is 12.3. The van der Waals surface area contributed by atoms with E-state index in [9.17, 15) is 0 Å². The molecule has 1 rings (SSSR count). The summed E-state index contributed by atoms with van der Waals surface area (Å²) in [6, 6.07) is 0. The lowest BCUT2D eigenvalue weighted by Crippen LogP contribution is -2.34. The Morgan fingerprint density at radius 3 is 2.79 bits per heavy atom. The lowest BCUT2D eigenvalue weighted by molar-refractivity contribution is -0.0434. The van der Waals surface area contributed by atoms with Crippen LogP contribution in [-0.4, -0.2) is 37.1 Å². The van der Waals surface area contributed by atoms with E-state index in [1.807, 2.05) is 0 Å². The van der Waals surface area contributed by atoms with Gasteiger partial charge in [0.2, 0.25) is 0 Å². The van der Waals surface area contributed by atoms with E-state index in [4.69, 9.17) is 14.6 Å². The van der Waals surface area contributed by atoms with E-state index in [-0.39, 0.29) is 24.9 Å². The summed E-state index contributed by atoms with van der Waals surface area (Å²) < 4.78 is 11.4. The quantitative estimate of drug-likeness (QED) is 0.721. The van der Waals surface area contributed by atoms with Gasteiger partial charge in [-0.2, -0.15) is 0 Å². The van der Waals surface area contributed by atoms with Crippen molar-refractivity contribution >= 4 is 0 Å². The average molecular weight is 268 g/mol. The van der Waals surface area contributed by atoms with Crippen LogP contribution in [0.1, 0.15) is 39.5 Å². The molecule has 0 aromatic carbocycles. The number of hydrogen-bond donors (Lipinski definition) is 1. The first-order chi connectivity index (χ1) is 9.03. The van der Waals surface area contributed by atoms with Crippen molar-refractivity contribution in [3.05, 3.63) is 24.3 Å². The number of ether oxygens (including phenoxy) is 2. The maximum atomic E-state index is 9.11. The third-order valence-corrected chi connectivity index (χ3v) is 4.08. The Labute approximate surface area is 117 Å². The van der Waals surface area contributed by atoms with Crippen LogP contribution >= 0.6 is 0 Å². The molecule has 3 heteroatoms. The number of rotatable bonds is 7. The van der Waals surface area contributed by atoms with E-state index in [1.165, 1.54) is 5.57 Å². The average Bonchev–Trinajstić information content (AvgIpc) is 2.42. The molecule has 1 fully saturated rings. The molecule has 0 saturated carbocycles. The molecule has 0 bridgehead atoms. The van der Waals surface area contributed by atoms with E-state index < -0.39 is 0 Å².